The number of hydrogen-bond donors (Lipinski definition) is 1. The average Bonchev–Trinajstić information content (AvgIpc) is 2.96. The van der Waals surface area contributed by atoms with Crippen molar-refractivity contribution in [1.29, 1.82) is 0 Å². The third kappa shape index (κ3) is 2.32. The van der Waals surface area contributed by atoms with Crippen LogP contribution >= 0.6 is 22.9 Å². The van der Waals surface area contributed by atoms with E-state index in [0.717, 1.165) is 16.5 Å². The number of aliphatic carboxylic acids is 1. The van der Waals surface area contributed by atoms with E-state index in [2.05, 4.69) is 10.2 Å². The number of hydrogen-bond acceptors (Lipinski definition) is 5. The predicted molar refractivity (Wildman–Crippen MR) is 74.8 cm³/mol. The molecule has 0 bridgehead atoms. The van der Waals surface area contributed by atoms with Crippen LogP contribution < -0.4 is 0 Å². The van der Waals surface area contributed by atoms with Crippen LogP contribution in [0.15, 0.2) is 11.4 Å². The number of fused-ring (bicyclic) bond motifs is 1. The van der Waals surface area contributed by atoms with Crippen LogP contribution in [0, 0.1) is 6.92 Å². The molecule has 1 N–H and O–H groups in total. The minimum Gasteiger partial charge on any atom is -0.480 e. The van der Waals surface area contributed by atoms with E-state index in [9.17, 15) is 9.90 Å². The molecule has 2 aromatic heterocycles. The number of rotatable bonds is 3. The van der Waals surface area contributed by atoms with Gasteiger partial charge in [-0.1, -0.05) is 11.6 Å². The maximum atomic E-state index is 11.5. The summed E-state index contributed by atoms with van der Waals surface area (Å²) >= 11 is 7.63. The first-order valence-electron chi connectivity index (χ1n) is 6.13. The SMILES string of the molecule is Cc1nnc2n1CC(C(=O)O)N(Cc1sccc1Cl)C2. The van der Waals surface area contributed by atoms with Gasteiger partial charge in [0.05, 0.1) is 18.1 Å². The molecule has 0 amide bonds. The molecule has 0 radical (unpaired) electrons. The number of thiophene rings is 1. The monoisotopic (exact) mass is 312 g/mol. The second-order valence-corrected chi connectivity index (χ2v) is 6.13. The van der Waals surface area contributed by atoms with Gasteiger partial charge in [-0.15, -0.1) is 21.5 Å². The summed E-state index contributed by atoms with van der Waals surface area (Å²) in [7, 11) is 0. The van der Waals surface area contributed by atoms with Crippen LogP contribution in [-0.4, -0.2) is 36.8 Å². The third-order valence-corrected chi connectivity index (χ3v) is 4.85. The van der Waals surface area contributed by atoms with Crippen LogP contribution in [0.2, 0.25) is 5.02 Å². The lowest BCUT2D eigenvalue weighted by molar-refractivity contribution is -0.145. The van der Waals surface area contributed by atoms with Crippen molar-refractivity contribution in [1.82, 2.24) is 19.7 Å². The van der Waals surface area contributed by atoms with Crippen LogP contribution in [0.3, 0.4) is 0 Å². The van der Waals surface area contributed by atoms with Crippen LogP contribution in [0.25, 0.3) is 0 Å². The Labute approximate surface area is 124 Å². The normalized spacial score (nSPS) is 19.0. The number of carbonyl (C=O) groups is 1. The number of carboxylic acid groups (broad SMARTS) is 1. The Morgan fingerprint density at radius 2 is 2.40 bits per heavy atom. The lowest BCUT2D eigenvalue weighted by Gasteiger charge is -2.33. The maximum absolute atomic E-state index is 11.5. The van der Waals surface area contributed by atoms with Gasteiger partial charge < -0.3 is 9.67 Å². The molecule has 20 heavy (non-hydrogen) atoms. The van der Waals surface area contributed by atoms with Crippen LogP contribution in [0.4, 0.5) is 0 Å². The first-order chi connectivity index (χ1) is 9.56. The zero-order chi connectivity index (χ0) is 14.3. The van der Waals surface area contributed by atoms with Gasteiger partial charge in [-0.3, -0.25) is 9.69 Å². The van der Waals surface area contributed by atoms with Crippen molar-refractivity contribution in [3.05, 3.63) is 33.0 Å². The molecule has 0 saturated carbocycles. The molecule has 106 valence electrons. The molecule has 6 nitrogen and oxygen atoms in total. The number of nitrogens with zero attached hydrogens (tertiary/aromatic N) is 4. The summed E-state index contributed by atoms with van der Waals surface area (Å²) < 4.78 is 1.87. The third-order valence-electron chi connectivity index (χ3n) is 3.48. The van der Waals surface area contributed by atoms with Gasteiger partial charge in [0.1, 0.15) is 17.7 Å². The minimum absolute atomic E-state index is 0.368. The summed E-state index contributed by atoms with van der Waals surface area (Å²) in [6.07, 6.45) is 0. The van der Waals surface area contributed by atoms with Gasteiger partial charge in [0.2, 0.25) is 0 Å². The van der Waals surface area contributed by atoms with Gasteiger partial charge in [0.15, 0.2) is 0 Å². The Bertz CT molecular complexity index is 654. The van der Waals surface area contributed by atoms with E-state index in [0.29, 0.717) is 24.7 Å². The van der Waals surface area contributed by atoms with E-state index in [4.69, 9.17) is 11.6 Å². The number of carboxylic acids is 1. The molecular formula is C12H13ClN4O2S. The Hall–Kier alpha value is -1.44. The van der Waals surface area contributed by atoms with Gasteiger partial charge in [-0.2, -0.15) is 0 Å². The number of halogens is 1. The summed E-state index contributed by atoms with van der Waals surface area (Å²) in [4.78, 5) is 14.3. The van der Waals surface area contributed by atoms with Crippen LogP contribution in [-0.2, 0) is 24.4 Å². The molecule has 8 heteroatoms. The molecule has 1 unspecified atom stereocenters. The van der Waals surface area contributed by atoms with Gasteiger partial charge >= 0.3 is 5.97 Å². The standard InChI is InChI=1S/C12H13ClN4O2S/c1-7-14-15-11-6-16(5-10-8(13)2-3-20-10)9(12(18)19)4-17(7)11/h2-3,9H,4-6H2,1H3,(H,18,19). The highest BCUT2D eigenvalue weighted by Crippen LogP contribution is 2.27. The second kappa shape index (κ2) is 5.16. The Morgan fingerprint density at radius 1 is 1.60 bits per heavy atom. The molecule has 1 aliphatic rings. The van der Waals surface area contributed by atoms with Crippen molar-refractivity contribution in [3.8, 4) is 0 Å². The number of aryl methyl sites for hydroxylation is 1. The molecule has 0 aromatic carbocycles. The van der Waals surface area contributed by atoms with E-state index in [1.165, 1.54) is 11.3 Å². The van der Waals surface area contributed by atoms with Gasteiger partial charge in [-0.05, 0) is 18.4 Å². The Kier molecular flexibility index (Phi) is 3.49. The minimum atomic E-state index is -0.837. The van der Waals surface area contributed by atoms with E-state index >= 15 is 0 Å². The lowest BCUT2D eigenvalue weighted by Crippen LogP contribution is -2.47. The highest BCUT2D eigenvalue weighted by atomic mass is 35.5. The van der Waals surface area contributed by atoms with Crippen LogP contribution in [0.1, 0.15) is 16.5 Å². The van der Waals surface area contributed by atoms with Crippen molar-refractivity contribution in [2.24, 2.45) is 0 Å². The predicted octanol–water partition coefficient (Wildman–Crippen LogP) is 1.77. The molecule has 2 aromatic rings. The first-order valence-corrected chi connectivity index (χ1v) is 7.39. The van der Waals surface area contributed by atoms with Crippen molar-refractivity contribution in [2.75, 3.05) is 0 Å². The zero-order valence-corrected chi connectivity index (χ0v) is 12.4. The highest BCUT2D eigenvalue weighted by Gasteiger charge is 2.33. The maximum Gasteiger partial charge on any atom is 0.322 e. The van der Waals surface area contributed by atoms with Gasteiger partial charge in [0, 0.05) is 11.4 Å². The molecule has 0 aliphatic carbocycles. The van der Waals surface area contributed by atoms with Crippen molar-refractivity contribution >= 4 is 28.9 Å². The number of aromatic nitrogens is 3. The lowest BCUT2D eigenvalue weighted by atomic mass is 10.2. The van der Waals surface area contributed by atoms with Crippen LogP contribution in [0.5, 0.6) is 0 Å². The summed E-state index contributed by atoms with van der Waals surface area (Å²) in [5.74, 6) is 0.712. The van der Waals surface area contributed by atoms with Gasteiger partial charge in [-0.25, -0.2) is 0 Å². The molecule has 3 heterocycles. The molecule has 0 spiro atoms. The van der Waals surface area contributed by atoms with E-state index < -0.39 is 12.0 Å². The molecule has 0 fully saturated rings. The molecule has 0 saturated heterocycles. The van der Waals surface area contributed by atoms with Crippen molar-refractivity contribution < 1.29 is 9.90 Å². The smallest absolute Gasteiger partial charge is 0.322 e. The Morgan fingerprint density at radius 3 is 3.05 bits per heavy atom. The highest BCUT2D eigenvalue weighted by molar-refractivity contribution is 7.10. The fraction of sp³-hybridized carbons (Fsp3) is 0.417. The molecule has 3 rings (SSSR count). The first kappa shape index (κ1) is 13.5. The Balaban J connectivity index is 1.89. The fourth-order valence-electron chi connectivity index (χ4n) is 2.38. The summed E-state index contributed by atoms with van der Waals surface area (Å²) in [5.41, 5.74) is 0. The quantitative estimate of drug-likeness (QED) is 0.935. The summed E-state index contributed by atoms with van der Waals surface area (Å²) in [6, 6.07) is 1.24. The van der Waals surface area contributed by atoms with E-state index in [1.807, 2.05) is 27.8 Å². The summed E-state index contributed by atoms with van der Waals surface area (Å²) in [5, 5.41) is 20.1. The molecule has 1 aliphatic heterocycles. The largest absolute Gasteiger partial charge is 0.480 e. The van der Waals surface area contributed by atoms with Crippen molar-refractivity contribution in [2.45, 2.75) is 32.6 Å². The fourth-order valence-corrected chi connectivity index (χ4v) is 3.50. The topological polar surface area (TPSA) is 71.2 Å². The second-order valence-electron chi connectivity index (χ2n) is 4.72. The zero-order valence-electron chi connectivity index (χ0n) is 10.8. The summed E-state index contributed by atoms with van der Waals surface area (Å²) in [6.45, 7) is 3.18. The molecule has 1 atom stereocenters. The van der Waals surface area contributed by atoms with Gasteiger partial charge in [0.25, 0.3) is 0 Å². The van der Waals surface area contributed by atoms with Crippen molar-refractivity contribution in [3.63, 3.8) is 0 Å². The van der Waals surface area contributed by atoms with E-state index in [1.54, 1.807) is 0 Å². The van der Waals surface area contributed by atoms with E-state index in [-0.39, 0.29) is 0 Å². The average molecular weight is 313 g/mol. The molecular weight excluding hydrogens is 300 g/mol.